The Balaban J connectivity index is 1.82. The van der Waals surface area contributed by atoms with Gasteiger partial charge < -0.3 is 14.6 Å². The molecule has 1 aliphatic rings. The molecule has 1 saturated heterocycles. The average Bonchev–Trinajstić information content (AvgIpc) is 3.06. The zero-order chi connectivity index (χ0) is 17.4. The summed E-state index contributed by atoms with van der Waals surface area (Å²) in [5.74, 6) is 0.872. The summed E-state index contributed by atoms with van der Waals surface area (Å²) >= 11 is 0. The molecule has 1 N–H and O–H groups in total. The van der Waals surface area contributed by atoms with E-state index in [1.54, 1.807) is 18.5 Å². The summed E-state index contributed by atoms with van der Waals surface area (Å²) in [6.45, 7) is 2.91. The number of hydrogen-bond acceptors (Lipinski definition) is 6. The number of fused-ring (bicyclic) bond motifs is 1. The van der Waals surface area contributed by atoms with Gasteiger partial charge in [0, 0.05) is 31.1 Å². The fourth-order valence-corrected chi connectivity index (χ4v) is 3.70. The second-order valence-corrected chi connectivity index (χ2v) is 8.03. The van der Waals surface area contributed by atoms with Gasteiger partial charge in [0.05, 0.1) is 23.5 Å². The molecule has 25 heavy (non-hydrogen) atoms. The highest BCUT2D eigenvalue weighted by Gasteiger charge is 2.19. The van der Waals surface area contributed by atoms with Crippen LogP contribution >= 0.6 is 0 Å². The summed E-state index contributed by atoms with van der Waals surface area (Å²) in [7, 11) is -3.21. The lowest BCUT2D eigenvalue weighted by molar-refractivity contribution is 0.122. The van der Waals surface area contributed by atoms with Crippen LogP contribution in [0.25, 0.3) is 22.2 Å². The first-order valence-electron chi connectivity index (χ1n) is 7.99. The Kier molecular flexibility index (Phi) is 3.93. The number of H-pyrrole nitrogens is 1. The molecule has 0 atom stereocenters. The predicted molar refractivity (Wildman–Crippen MR) is 95.5 cm³/mol. The molecule has 0 spiro atoms. The van der Waals surface area contributed by atoms with E-state index >= 15 is 0 Å². The van der Waals surface area contributed by atoms with Crippen LogP contribution in [0, 0.1) is 0 Å². The Bertz CT molecular complexity index is 1010. The van der Waals surface area contributed by atoms with E-state index in [0.717, 1.165) is 41.1 Å². The van der Waals surface area contributed by atoms with Gasteiger partial charge in [0.1, 0.15) is 17.8 Å². The van der Waals surface area contributed by atoms with Gasteiger partial charge in [0.2, 0.25) is 0 Å². The molecule has 1 fully saturated rings. The van der Waals surface area contributed by atoms with Gasteiger partial charge in [-0.25, -0.2) is 18.4 Å². The lowest BCUT2D eigenvalue weighted by Crippen LogP contribution is -2.36. The van der Waals surface area contributed by atoms with E-state index < -0.39 is 9.84 Å². The first-order valence-corrected chi connectivity index (χ1v) is 9.88. The minimum absolute atomic E-state index is 0.306. The largest absolute Gasteiger partial charge is 0.378 e. The molecule has 8 heteroatoms. The van der Waals surface area contributed by atoms with Gasteiger partial charge in [-0.05, 0) is 17.7 Å². The van der Waals surface area contributed by atoms with Gasteiger partial charge in [0.25, 0.3) is 0 Å². The van der Waals surface area contributed by atoms with Crippen LogP contribution in [0.5, 0.6) is 0 Å². The zero-order valence-electron chi connectivity index (χ0n) is 13.8. The highest BCUT2D eigenvalue weighted by Crippen LogP contribution is 2.34. The first kappa shape index (κ1) is 16.0. The zero-order valence-corrected chi connectivity index (χ0v) is 14.6. The average molecular weight is 358 g/mol. The van der Waals surface area contributed by atoms with Gasteiger partial charge in [-0.15, -0.1) is 0 Å². The number of aromatic amines is 1. The number of morpholine rings is 1. The summed E-state index contributed by atoms with van der Waals surface area (Å²) in [4.78, 5) is 14.5. The lowest BCUT2D eigenvalue weighted by Gasteiger charge is -2.28. The summed E-state index contributed by atoms with van der Waals surface area (Å²) in [5.41, 5.74) is 2.64. The van der Waals surface area contributed by atoms with E-state index in [-0.39, 0.29) is 0 Å². The number of nitrogens with one attached hydrogen (secondary N) is 1. The van der Waals surface area contributed by atoms with Crippen molar-refractivity contribution in [2.45, 2.75) is 4.90 Å². The SMILES string of the molecule is CS(=O)(=O)c1ccc(-c2c[nH]c3ncnc(N4CCOCC4)c23)cc1. The third-order valence-electron chi connectivity index (χ3n) is 4.35. The topological polar surface area (TPSA) is 88.2 Å². The van der Waals surface area contributed by atoms with E-state index in [0.29, 0.717) is 18.1 Å². The molecule has 2 aromatic heterocycles. The summed E-state index contributed by atoms with van der Waals surface area (Å²) in [6, 6.07) is 6.88. The Hall–Kier alpha value is -2.45. The Morgan fingerprint density at radius 3 is 2.52 bits per heavy atom. The third kappa shape index (κ3) is 2.98. The second kappa shape index (κ2) is 6.12. The Morgan fingerprint density at radius 2 is 1.84 bits per heavy atom. The third-order valence-corrected chi connectivity index (χ3v) is 5.48. The normalized spacial score (nSPS) is 15.6. The van der Waals surface area contributed by atoms with Crippen molar-refractivity contribution in [1.29, 1.82) is 0 Å². The minimum Gasteiger partial charge on any atom is -0.378 e. The summed E-state index contributed by atoms with van der Waals surface area (Å²) in [6.07, 6.45) is 4.65. The maximum Gasteiger partial charge on any atom is 0.175 e. The molecular formula is C17H18N4O3S. The van der Waals surface area contributed by atoms with Crippen molar-refractivity contribution in [3.05, 3.63) is 36.8 Å². The molecule has 0 saturated carbocycles. The molecule has 1 aliphatic heterocycles. The Labute approximate surface area is 145 Å². The van der Waals surface area contributed by atoms with Gasteiger partial charge >= 0.3 is 0 Å². The van der Waals surface area contributed by atoms with Crippen molar-refractivity contribution in [1.82, 2.24) is 15.0 Å². The van der Waals surface area contributed by atoms with Gasteiger partial charge in [-0.1, -0.05) is 12.1 Å². The number of benzene rings is 1. The first-order chi connectivity index (χ1) is 12.0. The standard InChI is InChI=1S/C17H18N4O3S/c1-25(22,23)13-4-2-12(3-5-13)14-10-18-16-15(14)17(20-11-19-16)21-6-8-24-9-7-21/h2-5,10-11H,6-9H2,1H3,(H,18,19,20). The van der Waals surface area contributed by atoms with Gasteiger partial charge in [-0.3, -0.25) is 0 Å². The maximum absolute atomic E-state index is 11.7. The molecule has 0 aliphatic carbocycles. The van der Waals surface area contributed by atoms with Crippen molar-refractivity contribution >= 4 is 26.7 Å². The van der Waals surface area contributed by atoms with E-state index in [1.165, 1.54) is 6.26 Å². The van der Waals surface area contributed by atoms with Gasteiger partial charge in [0.15, 0.2) is 9.84 Å². The summed E-state index contributed by atoms with van der Waals surface area (Å²) in [5, 5.41) is 0.941. The maximum atomic E-state index is 11.7. The number of ether oxygens (including phenoxy) is 1. The number of nitrogens with zero attached hydrogens (tertiary/aromatic N) is 3. The quantitative estimate of drug-likeness (QED) is 0.769. The molecule has 3 heterocycles. The molecule has 0 unspecified atom stereocenters. The molecule has 130 valence electrons. The van der Waals surface area contributed by atoms with Crippen LogP contribution in [-0.4, -0.2) is 55.9 Å². The van der Waals surface area contributed by atoms with Crippen molar-refractivity contribution in [3.8, 4) is 11.1 Å². The number of rotatable bonds is 3. The smallest absolute Gasteiger partial charge is 0.175 e. The second-order valence-electron chi connectivity index (χ2n) is 6.02. The van der Waals surface area contributed by atoms with Crippen LogP contribution in [0.15, 0.2) is 41.7 Å². The van der Waals surface area contributed by atoms with Crippen LogP contribution in [-0.2, 0) is 14.6 Å². The fourth-order valence-electron chi connectivity index (χ4n) is 3.07. The monoisotopic (exact) mass is 358 g/mol. The van der Waals surface area contributed by atoms with Crippen LogP contribution in [0.1, 0.15) is 0 Å². The number of hydrogen-bond donors (Lipinski definition) is 1. The molecule has 0 radical (unpaired) electrons. The van der Waals surface area contributed by atoms with Crippen molar-refractivity contribution in [2.75, 3.05) is 37.5 Å². The van der Waals surface area contributed by atoms with Crippen LogP contribution in [0.4, 0.5) is 5.82 Å². The van der Waals surface area contributed by atoms with E-state index in [4.69, 9.17) is 4.74 Å². The molecule has 1 aromatic carbocycles. The minimum atomic E-state index is -3.21. The molecule has 7 nitrogen and oxygen atoms in total. The number of sulfone groups is 1. The molecule has 0 amide bonds. The Morgan fingerprint density at radius 1 is 1.12 bits per heavy atom. The van der Waals surface area contributed by atoms with E-state index in [2.05, 4.69) is 19.9 Å². The predicted octanol–water partition coefficient (Wildman–Crippen LogP) is 1.86. The molecular weight excluding hydrogens is 340 g/mol. The highest BCUT2D eigenvalue weighted by molar-refractivity contribution is 7.90. The highest BCUT2D eigenvalue weighted by atomic mass is 32.2. The van der Waals surface area contributed by atoms with Gasteiger partial charge in [-0.2, -0.15) is 0 Å². The lowest BCUT2D eigenvalue weighted by atomic mass is 10.1. The molecule has 3 aromatic rings. The van der Waals surface area contributed by atoms with E-state index in [1.807, 2.05) is 18.3 Å². The number of anilines is 1. The van der Waals surface area contributed by atoms with Crippen LogP contribution in [0.2, 0.25) is 0 Å². The fraction of sp³-hybridized carbons (Fsp3) is 0.294. The van der Waals surface area contributed by atoms with Crippen molar-refractivity contribution < 1.29 is 13.2 Å². The summed E-state index contributed by atoms with van der Waals surface area (Å²) < 4.78 is 28.7. The number of aromatic nitrogens is 3. The molecule has 4 rings (SSSR count). The van der Waals surface area contributed by atoms with Crippen molar-refractivity contribution in [3.63, 3.8) is 0 Å². The van der Waals surface area contributed by atoms with Crippen LogP contribution < -0.4 is 4.90 Å². The molecule has 0 bridgehead atoms. The van der Waals surface area contributed by atoms with Crippen LogP contribution in [0.3, 0.4) is 0 Å². The van der Waals surface area contributed by atoms with Crippen molar-refractivity contribution in [2.24, 2.45) is 0 Å². The van der Waals surface area contributed by atoms with E-state index in [9.17, 15) is 8.42 Å².